The van der Waals surface area contributed by atoms with E-state index in [0.717, 1.165) is 17.9 Å². The van der Waals surface area contributed by atoms with Crippen molar-refractivity contribution in [2.24, 2.45) is 5.92 Å². The SMILES string of the molecule is CN1CC[C@@H](O)[C@H](C(=O)N2CCOc3ccc(Cl)cc3C2)C1. The Bertz CT molecular complexity index is 566. The van der Waals surface area contributed by atoms with Crippen LogP contribution in [0.15, 0.2) is 18.2 Å². The van der Waals surface area contributed by atoms with Crippen molar-refractivity contribution in [1.29, 1.82) is 0 Å². The summed E-state index contributed by atoms with van der Waals surface area (Å²) in [7, 11) is 1.98. The number of rotatable bonds is 1. The largest absolute Gasteiger partial charge is 0.491 e. The number of benzene rings is 1. The topological polar surface area (TPSA) is 53.0 Å². The standard InChI is InChI=1S/C16H21ClN2O3/c1-18-5-4-14(20)13(10-18)16(21)19-6-7-22-15-3-2-12(17)8-11(15)9-19/h2-3,8,13-14,20H,4-7,9-10H2,1H3/t13-,14-/m1/s1. The minimum Gasteiger partial charge on any atom is -0.491 e. The van der Waals surface area contributed by atoms with E-state index in [-0.39, 0.29) is 11.8 Å². The van der Waals surface area contributed by atoms with Crippen molar-refractivity contribution in [2.45, 2.75) is 19.1 Å². The lowest BCUT2D eigenvalue weighted by atomic mass is 9.93. The van der Waals surface area contributed by atoms with Crippen LogP contribution in [-0.4, -0.2) is 60.2 Å². The molecule has 5 nitrogen and oxygen atoms in total. The summed E-state index contributed by atoms with van der Waals surface area (Å²) in [5.41, 5.74) is 0.914. The average molecular weight is 325 g/mol. The van der Waals surface area contributed by atoms with E-state index < -0.39 is 6.10 Å². The smallest absolute Gasteiger partial charge is 0.230 e. The van der Waals surface area contributed by atoms with Gasteiger partial charge in [-0.3, -0.25) is 4.79 Å². The van der Waals surface area contributed by atoms with Gasteiger partial charge in [-0.1, -0.05) is 11.6 Å². The molecule has 22 heavy (non-hydrogen) atoms. The number of hydrogen-bond acceptors (Lipinski definition) is 4. The monoisotopic (exact) mass is 324 g/mol. The predicted octanol–water partition coefficient (Wildman–Crippen LogP) is 1.37. The lowest BCUT2D eigenvalue weighted by molar-refractivity contribution is -0.142. The van der Waals surface area contributed by atoms with Gasteiger partial charge in [0.2, 0.25) is 5.91 Å². The van der Waals surface area contributed by atoms with Crippen LogP contribution in [0.1, 0.15) is 12.0 Å². The highest BCUT2D eigenvalue weighted by molar-refractivity contribution is 6.30. The van der Waals surface area contributed by atoms with Crippen LogP contribution in [0.5, 0.6) is 5.75 Å². The van der Waals surface area contributed by atoms with Gasteiger partial charge >= 0.3 is 0 Å². The van der Waals surface area contributed by atoms with Crippen molar-refractivity contribution in [3.05, 3.63) is 28.8 Å². The van der Waals surface area contributed by atoms with Gasteiger partial charge < -0.3 is 19.6 Å². The van der Waals surface area contributed by atoms with Gasteiger partial charge in [-0.15, -0.1) is 0 Å². The molecule has 120 valence electrons. The van der Waals surface area contributed by atoms with Crippen molar-refractivity contribution >= 4 is 17.5 Å². The van der Waals surface area contributed by atoms with Crippen LogP contribution in [0, 0.1) is 5.92 Å². The zero-order valence-corrected chi connectivity index (χ0v) is 13.4. The second-order valence-corrected chi connectivity index (χ2v) is 6.52. The number of ether oxygens (including phenoxy) is 1. The van der Waals surface area contributed by atoms with Crippen LogP contribution in [0.4, 0.5) is 0 Å². The number of carbonyl (C=O) groups is 1. The first kappa shape index (κ1) is 15.6. The average Bonchev–Trinajstić information content (AvgIpc) is 2.70. The van der Waals surface area contributed by atoms with Crippen molar-refractivity contribution in [3.63, 3.8) is 0 Å². The lowest BCUT2D eigenvalue weighted by Crippen LogP contribution is -2.50. The maximum absolute atomic E-state index is 12.8. The van der Waals surface area contributed by atoms with Crippen molar-refractivity contribution < 1.29 is 14.6 Å². The number of likely N-dealkylation sites (tertiary alicyclic amines) is 1. The molecular weight excluding hydrogens is 304 g/mol. The zero-order chi connectivity index (χ0) is 15.7. The van der Waals surface area contributed by atoms with Gasteiger partial charge in [0.05, 0.1) is 18.6 Å². The molecule has 3 rings (SSSR count). The second-order valence-electron chi connectivity index (χ2n) is 6.09. The number of fused-ring (bicyclic) bond motifs is 1. The van der Waals surface area contributed by atoms with E-state index in [1.165, 1.54) is 0 Å². The van der Waals surface area contributed by atoms with Gasteiger partial charge in [0, 0.05) is 30.2 Å². The third kappa shape index (κ3) is 3.21. The molecule has 1 aromatic rings. The number of nitrogens with zero attached hydrogens (tertiary/aromatic N) is 2. The van der Waals surface area contributed by atoms with Crippen molar-refractivity contribution in [2.75, 3.05) is 33.3 Å². The molecule has 0 aliphatic carbocycles. The Kier molecular flexibility index (Phi) is 4.57. The zero-order valence-electron chi connectivity index (χ0n) is 12.7. The molecule has 2 atom stereocenters. The maximum Gasteiger partial charge on any atom is 0.230 e. The molecule has 1 aromatic carbocycles. The Labute approximate surface area is 135 Å². The third-order valence-corrected chi connectivity index (χ3v) is 4.65. The molecule has 0 spiro atoms. The van der Waals surface area contributed by atoms with Gasteiger partial charge in [0.15, 0.2) is 0 Å². The van der Waals surface area contributed by atoms with Gasteiger partial charge in [0.25, 0.3) is 0 Å². The fraction of sp³-hybridized carbons (Fsp3) is 0.562. The highest BCUT2D eigenvalue weighted by Crippen LogP contribution is 2.28. The number of piperidine rings is 1. The number of halogens is 1. The molecule has 0 saturated carbocycles. The lowest BCUT2D eigenvalue weighted by Gasteiger charge is -2.35. The van der Waals surface area contributed by atoms with Crippen LogP contribution in [0.3, 0.4) is 0 Å². The highest BCUT2D eigenvalue weighted by Gasteiger charge is 2.35. The quantitative estimate of drug-likeness (QED) is 0.848. The summed E-state index contributed by atoms with van der Waals surface area (Å²) < 4.78 is 5.69. The summed E-state index contributed by atoms with van der Waals surface area (Å²) in [4.78, 5) is 16.7. The van der Waals surface area contributed by atoms with Gasteiger partial charge in [-0.25, -0.2) is 0 Å². The van der Waals surface area contributed by atoms with E-state index in [4.69, 9.17) is 16.3 Å². The molecule has 2 aliphatic heterocycles. The van der Waals surface area contributed by atoms with Crippen LogP contribution in [-0.2, 0) is 11.3 Å². The molecule has 1 fully saturated rings. The summed E-state index contributed by atoms with van der Waals surface area (Å²) in [6.07, 6.45) is 0.0753. The van der Waals surface area contributed by atoms with Crippen molar-refractivity contribution in [3.8, 4) is 5.75 Å². The molecule has 1 amide bonds. The fourth-order valence-corrected chi connectivity index (χ4v) is 3.33. The second kappa shape index (κ2) is 6.44. The van der Waals surface area contributed by atoms with Crippen molar-refractivity contribution in [1.82, 2.24) is 9.80 Å². The molecule has 2 heterocycles. The Balaban J connectivity index is 1.78. The first-order valence-electron chi connectivity index (χ1n) is 7.61. The third-order valence-electron chi connectivity index (χ3n) is 4.41. The van der Waals surface area contributed by atoms with Crippen LogP contribution < -0.4 is 4.74 Å². The normalized spacial score (nSPS) is 26.0. The van der Waals surface area contributed by atoms with E-state index in [0.29, 0.717) is 37.7 Å². The first-order valence-corrected chi connectivity index (χ1v) is 7.99. The summed E-state index contributed by atoms with van der Waals surface area (Å²) in [5, 5.41) is 10.8. The Morgan fingerprint density at radius 1 is 1.41 bits per heavy atom. The molecule has 0 bridgehead atoms. The van der Waals surface area contributed by atoms with Crippen LogP contribution in [0.25, 0.3) is 0 Å². The number of amides is 1. The van der Waals surface area contributed by atoms with Crippen LogP contribution in [0.2, 0.25) is 5.02 Å². The van der Waals surface area contributed by atoms with Gasteiger partial charge in [0.1, 0.15) is 12.4 Å². The molecule has 0 radical (unpaired) electrons. The summed E-state index contributed by atoms with van der Waals surface area (Å²) in [6.45, 7) is 2.88. The summed E-state index contributed by atoms with van der Waals surface area (Å²) in [5.74, 6) is 0.413. The summed E-state index contributed by atoms with van der Waals surface area (Å²) in [6, 6.07) is 5.47. The molecule has 6 heteroatoms. The van der Waals surface area contributed by atoms with Crippen LogP contribution >= 0.6 is 11.6 Å². The molecule has 2 aliphatic rings. The first-order chi connectivity index (χ1) is 10.5. The number of aliphatic hydroxyl groups excluding tert-OH is 1. The molecule has 1 saturated heterocycles. The van der Waals surface area contributed by atoms with E-state index in [2.05, 4.69) is 4.90 Å². The van der Waals surface area contributed by atoms with E-state index >= 15 is 0 Å². The van der Waals surface area contributed by atoms with Gasteiger partial charge in [-0.2, -0.15) is 0 Å². The maximum atomic E-state index is 12.8. The number of hydrogen-bond donors (Lipinski definition) is 1. The number of carbonyl (C=O) groups excluding carboxylic acids is 1. The summed E-state index contributed by atoms with van der Waals surface area (Å²) >= 11 is 6.04. The number of aliphatic hydroxyl groups is 1. The molecular formula is C16H21ClN2O3. The minimum atomic E-state index is -0.563. The van der Waals surface area contributed by atoms with E-state index in [9.17, 15) is 9.90 Å². The molecule has 0 aromatic heterocycles. The Morgan fingerprint density at radius 3 is 3.05 bits per heavy atom. The molecule has 1 N–H and O–H groups in total. The Morgan fingerprint density at radius 2 is 2.23 bits per heavy atom. The molecule has 0 unspecified atom stereocenters. The highest BCUT2D eigenvalue weighted by atomic mass is 35.5. The van der Waals surface area contributed by atoms with E-state index in [1.807, 2.05) is 19.2 Å². The van der Waals surface area contributed by atoms with E-state index in [1.54, 1.807) is 11.0 Å². The van der Waals surface area contributed by atoms with Gasteiger partial charge in [-0.05, 0) is 31.7 Å². The fourth-order valence-electron chi connectivity index (χ4n) is 3.13. The predicted molar refractivity (Wildman–Crippen MR) is 84.0 cm³/mol. The Hall–Kier alpha value is -1.30. The minimum absolute atomic E-state index is 0.00419.